The third-order valence-electron chi connectivity index (χ3n) is 6.87. The zero-order chi connectivity index (χ0) is 20.8. The van der Waals surface area contributed by atoms with Crippen LogP contribution in [0.25, 0.3) is 22.2 Å². The largest absolute Gasteiger partial charge is 0.546 e. The average Bonchev–Trinajstić information content (AvgIpc) is 3.22. The van der Waals surface area contributed by atoms with Gasteiger partial charge in [-0.25, -0.2) is 0 Å². The molecule has 4 rings (SSSR count). The first-order chi connectivity index (χ1) is 13.7. The fraction of sp³-hybridized carbons (Fsp3) is 0.385. The van der Waals surface area contributed by atoms with Crippen molar-refractivity contribution in [2.24, 2.45) is 0 Å². The minimum atomic E-state index is -1.90. The number of hydrogen-bond donors (Lipinski definition) is 1. The second-order valence-corrected chi connectivity index (χ2v) is 14.6. The van der Waals surface area contributed by atoms with Crippen molar-refractivity contribution in [2.75, 3.05) is 0 Å². The van der Waals surface area contributed by atoms with Crippen molar-refractivity contribution >= 4 is 19.2 Å². The second-order valence-electron chi connectivity index (χ2n) is 9.92. The van der Waals surface area contributed by atoms with Crippen LogP contribution in [0.1, 0.15) is 52.0 Å². The third kappa shape index (κ3) is 3.57. The number of nitrogens with one attached hydrogen (secondary N) is 1. The minimum absolute atomic E-state index is 0.190. The van der Waals surface area contributed by atoms with E-state index < -0.39 is 8.32 Å². The monoisotopic (exact) mass is 403 g/mol. The number of hydrogen-bond acceptors (Lipinski definition) is 1. The molecule has 2 aromatic carbocycles. The Balaban J connectivity index is 1.86. The summed E-state index contributed by atoms with van der Waals surface area (Å²) in [6.07, 6.45) is 2.24. The molecule has 0 saturated heterocycles. The Hall–Kier alpha value is -2.26. The summed E-state index contributed by atoms with van der Waals surface area (Å²) in [4.78, 5) is 3.72. The first-order valence-electron chi connectivity index (χ1n) is 10.7. The first kappa shape index (κ1) is 20.0. The van der Waals surface area contributed by atoms with Gasteiger partial charge in [-0.2, -0.15) is 0 Å². The zero-order valence-electron chi connectivity index (χ0n) is 18.6. The summed E-state index contributed by atoms with van der Waals surface area (Å²) in [6, 6.07) is 19.4. The molecule has 0 saturated carbocycles. The Labute approximate surface area is 176 Å². The lowest BCUT2D eigenvalue weighted by Gasteiger charge is -2.38. The number of para-hydroxylation sites is 1. The molecule has 0 bridgehead atoms. The number of aromatic nitrogens is 1. The Kier molecular flexibility index (Phi) is 4.98. The van der Waals surface area contributed by atoms with Crippen molar-refractivity contribution in [1.82, 2.24) is 4.98 Å². The Morgan fingerprint density at radius 1 is 0.966 bits per heavy atom. The lowest BCUT2D eigenvalue weighted by Crippen LogP contribution is -2.41. The maximum Gasteiger partial charge on any atom is 0.250 e. The van der Waals surface area contributed by atoms with Gasteiger partial charge in [0.2, 0.25) is 8.32 Å². The number of aromatic amines is 1. The van der Waals surface area contributed by atoms with E-state index in [1.54, 1.807) is 0 Å². The van der Waals surface area contributed by atoms with Crippen LogP contribution in [-0.2, 0) is 4.43 Å². The van der Waals surface area contributed by atoms with Gasteiger partial charge in [-0.3, -0.25) is 0 Å². The Morgan fingerprint density at radius 3 is 2.31 bits per heavy atom. The molecule has 1 atom stereocenters. The average molecular weight is 404 g/mol. The van der Waals surface area contributed by atoms with E-state index in [0.29, 0.717) is 5.92 Å². The van der Waals surface area contributed by atoms with Crippen LogP contribution in [0, 0.1) is 0 Å². The molecule has 1 aliphatic carbocycles. The molecule has 1 unspecified atom stereocenters. The van der Waals surface area contributed by atoms with E-state index in [9.17, 15) is 0 Å². The molecule has 1 heterocycles. The second kappa shape index (κ2) is 7.21. The van der Waals surface area contributed by atoms with Gasteiger partial charge in [0.05, 0.1) is 11.5 Å². The molecular weight excluding hydrogens is 370 g/mol. The number of fused-ring (bicyclic) bond motifs is 1. The topological polar surface area (TPSA) is 25.0 Å². The van der Waals surface area contributed by atoms with E-state index >= 15 is 0 Å². The van der Waals surface area contributed by atoms with E-state index in [1.165, 1.54) is 39.1 Å². The summed E-state index contributed by atoms with van der Waals surface area (Å²) in [7, 11) is -1.90. The fourth-order valence-electron chi connectivity index (χ4n) is 4.13. The first-order valence-corrected chi connectivity index (χ1v) is 13.6. The van der Waals surface area contributed by atoms with Gasteiger partial charge in [0.1, 0.15) is 0 Å². The van der Waals surface area contributed by atoms with Crippen LogP contribution in [0.5, 0.6) is 0 Å². The van der Waals surface area contributed by atoms with Crippen LogP contribution in [0.3, 0.4) is 0 Å². The highest BCUT2D eigenvalue weighted by atomic mass is 28.4. The number of rotatable bonds is 4. The van der Waals surface area contributed by atoms with E-state index in [1.807, 2.05) is 0 Å². The summed E-state index contributed by atoms with van der Waals surface area (Å²) in [5, 5.41) is 1.51. The summed E-state index contributed by atoms with van der Waals surface area (Å²) in [5.41, 5.74) is 6.51. The molecule has 3 aromatic rings. The highest BCUT2D eigenvalue weighted by Crippen LogP contribution is 2.49. The van der Waals surface area contributed by atoms with Gasteiger partial charge < -0.3 is 9.41 Å². The predicted molar refractivity (Wildman–Crippen MR) is 127 cm³/mol. The maximum atomic E-state index is 6.96. The summed E-state index contributed by atoms with van der Waals surface area (Å²) < 4.78 is 6.96. The van der Waals surface area contributed by atoms with Crippen molar-refractivity contribution in [1.29, 1.82) is 0 Å². The van der Waals surface area contributed by atoms with Crippen molar-refractivity contribution < 1.29 is 4.43 Å². The van der Waals surface area contributed by atoms with Gasteiger partial charge in [0.15, 0.2) is 0 Å². The molecule has 1 aromatic heterocycles. The maximum absolute atomic E-state index is 6.96. The smallest absolute Gasteiger partial charge is 0.250 e. The zero-order valence-corrected chi connectivity index (χ0v) is 19.6. The number of H-pyrrole nitrogens is 1. The van der Waals surface area contributed by atoms with Crippen LogP contribution < -0.4 is 0 Å². The van der Waals surface area contributed by atoms with Crippen molar-refractivity contribution in [3.05, 3.63) is 71.5 Å². The molecule has 0 fully saturated rings. The van der Waals surface area contributed by atoms with Crippen molar-refractivity contribution in [2.45, 2.75) is 64.6 Å². The number of benzene rings is 2. The van der Waals surface area contributed by atoms with Gasteiger partial charge in [0.25, 0.3) is 0 Å². The summed E-state index contributed by atoms with van der Waals surface area (Å²) in [5.74, 6) is 1.55. The van der Waals surface area contributed by atoms with Crippen LogP contribution >= 0.6 is 0 Å². The molecule has 0 radical (unpaired) electrons. The molecule has 1 aliphatic rings. The summed E-state index contributed by atoms with van der Waals surface area (Å²) >= 11 is 0. The molecule has 0 spiro atoms. The molecule has 152 valence electrons. The molecule has 2 nitrogen and oxygen atoms in total. The van der Waals surface area contributed by atoms with Crippen LogP contribution in [0.2, 0.25) is 18.1 Å². The van der Waals surface area contributed by atoms with Crippen LogP contribution in [0.15, 0.2) is 65.9 Å². The normalized spacial score (nSPS) is 17.9. The molecule has 3 heteroatoms. The van der Waals surface area contributed by atoms with Gasteiger partial charge in [-0.15, -0.1) is 0 Å². The Morgan fingerprint density at radius 2 is 1.62 bits per heavy atom. The van der Waals surface area contributed by atoms with E-state index in [2.05, 4.69) is 100 Å². The van der Waals surface area contributed by atoms with Gasteiger partial charge in [-0.1, -0.05) is 69.3 Å². The van der Waals surface area contributed by atoms with Crippen LogP contribution in [0.4, 0.5) is 0 Å². The highest BCUT2D eigenvalue weighted by molar-refractivity contribution is 6.74. The van der Waals surface area contributed by atoms with E-state index in [-0.39, 0.29) is 5.04 Å². The molecule has 0 amide bonds. The lowest BCUT2D eigenvalue weighted by molar-refractivity contribution is 0.355. The van der Waals surface area contributed by atoms with Crippen molar-refractivity contribution in [3.8, 4) is 11.3 Å². The lowest BCUT2D eigenvalue weighted by atomic mass is 9.92. The van der Waals surface area contributed by atoms with E-state index in [0.717, 1.165) is 12.8 Å². The molecule has 29 heavy (non-hydrogen) atoms. The van der Waals surface area contributed by atoms with Crippen LogP contribution in [-0.4, -0.2) is 13.3 Å². The molecule has 1 N–H and O–H groups in total. The standard InChI is InChI=1S/C26H33NOSi/c1-18-16-17-21(25(18)28-29(5,6)26(2,3)4)23-20-14-10-11-15-22(20)27-24(23)19-12-8-7-9-13-19/h7-15,21,27H,16-17H2,1-6H3. The minimum Gasteiger partial charge on any atom is -0.546 e. The molecule has 0 aliphatic heterocycles. The van der Waals surface area contributed by atoms with Gasteiger partial charge in [0, 0.05) is 16.8 Å². The van der Waals surface area contributed by atoms with Gasteiger partial charge in [-0.05, 0) is 60.7 Å². The fourth-order valence-corrected chi connectivity index (χ4v) is 5.30. The predicted octanol–water partition coefficient (Wildman–Crippen LogP) is 8.01. The van der Waals surface area contributed by atoms with Crippen molar-refractivity contribution in [3.63, 3.8) is 0 Å². The third-order valence-corrected chi connectivity index (χ3v) is 11.2. The highest BCUT2D eigenvalue weighted by Gasteiger charge is 2.42. The quantitative estimate of drug-likeness (QED) is 0.438. The SMILES string of the molecule is CC1=C(O[Si](C)(C)C(C)(C)C)C(c2c(-c3ccccc3)[nH]c3ccccc23)CC1. The van der Waals surface area contributed by atoms with Gasteiger partial charge >= 0.3 is 0 Å². The molecular formula is C26H33NOSi. The van der Waals surface area contributed by atoms with E-state index in [4.69, 9.17) is 4.43 Å². The number of allylic oxidation sites excluding steroid dienone is 2. The summed E-state index contributed by atoms with van der Waals surface area (Å²) in [6.45, 7) is 13.9. The Bertz CT molecular complexity index is 1050.